The highest BCUT2D eigenvalue weighted by atomic mass is 16.7. The highest BCUT2D eigenvalue weighted by Crippen LogP contribution is 2.47. The number of hydrogen-bond donors (Lipinski definition) is 2. The molecule has 1 fully saturated rings. The number of aliphatic carboxylic acids is 1. The van der Waals surface area contributed by atoms with Crippen molar-refractivity contribution in [3.05, 3.63) is 41.7 Å². The number of likely N-dealkylation sites (tertiary alicyclic amines) is 1. The number of carbonyl (C=O) groups excluding carboxylic acids is 1. The van der Waals surface area contributed by atoms with Crippen molar-refractivity contribution in [3.63, 3.8) is 0 Å². The van der Waals surface area contributed by atoms with Crippen LogP contribution in [0, 0.1) is 5.92 Å². The second-order valence-corrected chi connectivity index (χ2v) is 10.4. The summed E-state index contributed by atoms with van der Waals surface area (Å²) in [6.45, 7) is 4.64. The van der Waals surface area contributed by atoms with Crippen molar-refractivity contribution in [2.45, 2.75) is 51.0 Å². The average Bonchev–Trinajstić information content (AvgIpc) is 3.65. The number of aromatic nitrogens is 1. The van der Waals surface area contributed by atoms with Crippen molar-refractivity contribution in [1.82, 2.24) is 14.4 Å². The minimum absolute atomic E-state index is 0.0221. The first-order valence-electron chi connectivity index (χ1n) is 13.9. The molecule has 1 aromatic carbocycles. The van der Waals surface area contributed by atoms with E-state index < -0.39 is 11.9 Å². The molecule has 214 valence electrons. The molecule has 0 bridgehead atoms. The lowest BCUT2D eigenvalue weighted by atomic mass is 9.83. The molecule has 3 N–H and O–H groups in total. The number of ether oxygens (including phenoxy) is 3. The fourth-order valence-corrected chi connectivity index (χ4v) is 5.87. The number of carbonyl (C=O) groups is 2. The zero-order valence-corrected chi connectivity index (χ0v) is 23.3. The largest absolute Gasteiger partial charge is 0.493 e. The Balaban J connectivity index is 1.64. The van der Waals surface area contributed by atoms with Gasteiger partial charge in [-0.1, -0.05) is 13.3 Å². The monoisotopic (exact) mass is 542 g/mol. The average molecular weight is 543 g/mol. The van der Waals surface area contributed by atoms with Gasteiger partial charge in [0.25, 0.3) is 0 Å². The Labute approximate surface area is 230 Å². The third kappa shape index (κ3) is 6.50. The molecule has 0 saturated carbocycles. The molecule has 0 radical (unpaired) electrons. The van der Waals surface area contributed by atoms with Crippen LogP contribution in [0.5, 0.6) is 17.2 Å². The standard InChI is InChI=1S/C29H42N4O6/c1-4-5-13-32(14-7-11-30)26(34)18-33-17-22(20-15-24(37-3)28-25(16-20)38-19-39-28)27(29(35)36)23(33)10-9-21-8-6-12-31(21)2/h6,8,12,15-16,22-23,27H,4-5,7,9-11,13-14,17-19,30H2,1-3H3,(H,35,36). The van der Waals surface area contributed by atoms with Gasteiger partial charge in [0, 0.05) is 50.5 Å². The summed E-state index contributed by atoms with van der Waals surface area (Å²) in [5.41, 5.74) is 7.68. The fourth-order valence-electron chi connectivity index (χ4n) is 5.87. The van der Waals surface area contributed by atoms with Crippen molar-refractivity contribution in [2.75, 3.05) is 46.6 Å². The van der Waals surface area contributed by atoms with Crippen molar-refractivity contribution < 1.29 is 28.9 Å². The quantitative estimate of drug-likeness (QED) is 0.374. The van der Waals surface area contributed by atoms with Gasteiger partial charge in [-0.2, -0.15) is 0 Å². The number of nitrogens with two attached hydrogens (primary N) is 1. The number of rotatable bonds is 14. The molecular weight excluding hydrogens is 500 g/mol. The Bertz CT molecular complexity index is 1130. The second-order valence-electron chi connectivity index (χ2n) is 10.4. The zero-order valence-electron chi connectivity index (χ0n) is 23.3. The smallest absolute Gasteiger partial charge is 0.308 e. The van der Waals surface area contributed by atoms with Crippen LogP contribution in [-0.2, 0) is 23.1 Å². The molecule has 2 aromatic rings. The van der Waals surface area contributed by atoms with Gasteiger partial charge in [-0.05, 0) is 62.1 Å². The number of benzene rings is 1. The summed E-state index contributed by atoms with van der Waals surface area (Å²) in [6, 6.07) is 7.44. The van der Waals surface area contributed by atoms with Crippen LogP contribution in [0.4, 0.5) is 0 Å². The predicted octanol–water partition coefficient (Wildman–Crippen LogP) is 2.84. The molecule has 4 rings (SSSR count). The summed E-state index contributed by atoms with van der Waals surface area (Å²) in [4.78, 5) is 30.3. The summed E-state index contributed by atoms with van der Waals surface area (Å²) in [7, 11) is 3.55. The van der Waals surface area contributed by atoms with E-state index in [0.29, 0.717) is 56.3 Å². The maximum Gasteiger partial charge on any atom is 0.308 e. The first-order chi connectivity index (χ1) is 18.9. The van der Waals surface area contributed by atoms with Gasteiger partial charge in [0.05, 0.1) is 19.6 Å². The molecule has 3 heterocycles. The molecule has 1 amide bonds. The van der Waals surface area contributed by atoms with Gasteiger partial charge in [-0.15, -0.1) is 0 Å². The number of methoxy groups -OCH3 is 1. The summed E-state index contributed by atoms with van der Waals surface area (Å²) in [6.07, 6.45) is 5.98. The molecule has 2 aliphatic rings. The van der Waals surface area contributed by atoms with Gasteiger partial charge in [0.2, 0.25) is 18.4 Å². The van der Waals surface area contributed by atoms with Crippen molar-refractivity contribution in [2.24, 2.45) is 18.7 Å². The van der Waals surface area contributed by atoms with Crippen LogP contribution in [0.2, 0.25) is 0 Å². The zero-order chi connectivity index (χ0) is 27.9. The van der Waals surface area contributed by atoms with Crippen LogP contribution in [0.1, 0.15) is 49.8 Å². The van der Waals surface area contributed by atoms with E-state index in [1.165, 1.54) is 0 Å². The van der Waals surface area contributed by atoms with Gasteiger partial charge in [-0.25, -0.2) is 0 Å². The molecule has 3 unspecified atom stereocenters. The Hall–Kier alpha value is -3.24. The topological polar surface area (TPSA) is 119 Å². The molecule has 2 aliphatic heterocycles. The number of hydrogen-bond acceptors (Lipinski definition) is 7. The second kappa shape index (κ2) is 13.2. The predicted molar refractivity (Wildman–Crippen MR) is 147 cm³/mol. The summed E-state index contributed by atoms with van der Waals surface area (Å²) in [5.74, 6) is -0.280. The summed E-state index contributed by atoms with van der Waals surface area (Å²) in [5, 5.41) is 10.5. The van der Waals surface area contributed by atoms with Gasteiger partial charge in [0.15, 0.2) is 11.5 Å². The Morgan fingerprint density at radius 3 is 2.69 bits per heavy atom. The first kappa shape index (κ1) is 28.8. The fraction of sp³-hybridized carbons (Fsp3) is 0.586. The SMILES string of the molecule is CCCCN(CCCN)C(=O)CN1CC(c2cc(OC)c3c(c2)OCO3)C(C(=O)O)C1CCc1cccn1C. The number of unbranched alkanes of at least 4 members (excludes halogenated alkanes) is 1. The van der Waals surface area contributed by atoms with Crippen molar-refractivity contribution in [1.29, 1.82) is 0 Å². The van der Waals surface area contributed by atoms with E-state index in [9.17, 15) is 14.7 Å². The Morgan fingerprint density at radius 2 is 2.03 bits per heavy atom. The van der Waals surface area contributed by atoms with Crippen LogP contribution < -0.4 is 19.9 Å². The summed E-state index contributed by atoms with van der Waals surface area (Å²) >= 11 is 0. The van der Waals surface area contributed by atoms with Crippen LogP contribution in [0.15, 0.2) is 30.5 Å². The van der Waals surface area contributed by atoms with Gasteiger partial charge in [-0.3, -0.25) is 14.5 Å². The minimum Gasteiger partial charge on any atom is -0.493 e. The van der Waals surface area contributed by atoms with E-state index in [4.69, 9.17) is 19.9 Å². The summed E-state index contributed by atoms with van der Waals surface area (Å²) < 4.78 is 18.8. The molecule has 0 aliphatic carbocycles. The van der Waals surface area contributed by atoms with E-state index >= 15 is 0 Å². The van der Waals surface area contributed by atoms with Gasteiger partial charge >= 0.3 is 5.97 Å². The van der Waals surface area contributed by atoms with E-state index in [2.05, 4.69) is 22.5 Å². The van der Waals surface area contributed by atoms with Crippen LogP contribution in [-0.4, -0.2) is 84.0 Å². The van der Waals surface area contributed by atoms with E-state index in [0.717, 1.165) is 30.5 Å². The lowest BCUT2D eigenvalue weighted by Gasteiger charge is -2.30. The van der Waals surface area contributed by atoms with Gasteiger partial charge < -0.3 is 34.5 Å². The molecular formula is C29H42N4O6. The maximum atomic E-state index is 13.6. The van der Waals surface area contributed by atoms with E-state index in [-0.39, 0.29) is 31.2 Å². The normalized spacial score (nSPS) is 20.4. The minimum atomic E-state index is -0.866. The maximum absolute atomic E-state index is 13.6. The molecule has 3 atom stereocenters. The molecule has 0 spiro atoms. The highest BCUT2D eigenvalue weighted by molar-refractivity contribution is 5.79. The molecule has 10 heteroatoms. The highest BCUT2D eigenvalue weighted by Gasteiger charge is 2.47. The van der Waals surface area contributed by atoms with Gasteiger partial charge in [0.1, 0.15) is 0 Å². The lowest BCUT2D eigenvalue weighted by Crippen LogP contribution is -2.45. The third-order valence-corrected chi connectivity index (χ3v) is 7.99. The van der Waals surface area contributed by atoms with Crippen LogP contribution >= 0.6 is 0 Å². The van der Waals surface area contributed by atoms with Crippen LogP contribution in [0.3, 0.4) is 0 Å². The lowest BCUT2D eigenvalue weighted by molar-refractivity contribution is -0.143. The molecule has 39 heavy (non-hydrogen) atoms. The Kier molecular flexibility index (Phi) is 9.74. The number of fused-ring (bicyclic) bond motifs is 1. The molecule has 1 aromatic heterocycles. The molecule has 10 nitrogen and oxygen atoms in total. The molecule has 1 saturated heterocycles. The van der Waals surface area contributed by atoms with E-state index in [1.807, 2.05) is 36.3 Å². The van der Waals surface area contributed by atoms with E-state index in [1.54, 1.807) is 7.11 Å². The van der Waals surface area contributed by atoms with Crippen molar-refractivity contribution >= 4 is 11.9 Å². The van der Waals surface area contributed by atoms with Crippen LogP contribution in [0.25, 0.3) is 0 Å². The number of aryl methyl sites for hydroxylation is 2. The Morgan fingerprint density at radius 1 is 1.23 bits per heavy atom. The number of amides is 1. The number of carboxylic acids is 1. The van der Waals surface area contributed by atoms with Crippen molar-refractivity contribution in [3.8, 4) is 17.2 Å². The first-order valence-corrected chi connectivity index (χ1v) is 13.9. The number of carboxylic acid groups (broad SMARTS) is 1. The third-order valence-electron chi connectivity index (χ3n) is 7.99. The number of nitrogens with zero attached hydrogens (tertiary/aromatic N) is 3.